The van der Waals surface area contributed by atoms with Gasteiger partial charge in [-0.05, 0) is 86.0 Å². The van der Waals surface area contributed by atoms with Gasteiger partial charge in [-0.1, -0.05) is 29.3 Å². The molecule has 12 heteroatoms. The Bertz CT molecular complexity index is 2010. The summed E-state index contributed by atoms with van der Waals surface area (Å²) in [4.78, 5) is 45.7. The number of amides is 1. The zero-order chi connectivity index (χ0) is 32.4. The maximum absolute atomic E-state index is 13.4. The van der Waals surface area contributed by atoms with E-state index in [0.717, 1.165) is 49.9 Å². The predicted octanol–water partition coefficient (Wildman–Crippen LogP) is 5.67. The quantitative estimate of drug-likeness (QED) is 0.220. The molecule has 5 aromatic rings. The van der Waals surface area contributed by atoms with Crippen molar-refractivity contribution in [3.8, 4) is 11.3 Å². The molecular formula is C34H33Cl2FN6O3. The van der Waals surface area contributed by atoms with Gasteiger partial charge < -0.3 is 14.8 Å². The van der Waals surface area contributed by atoms with Crippen LogP contribution in [0.15, 0.2) is 82.6 Å². The SMILES string of the molecule is Cn1c(=O)n(C2CCN(CCCn3ccnc(-c4ccc(Cl)c(CNC(=O)c5ccc(F)cc5)c4)c3=O)CC2)c2cc(Cl)ccc21. The molecule has 1 aliphatic rings. The summed E-state index contributed by atoms with van der Waals surface area (Å²) < 4.78 is 18.4. The molecule has 1 fully saturated rings. The monoisotopic (exact) mass is 662 g/mol. The van der Waals surface area contributed by atoms with E-state index in [1.54, 1.807) is 52.8 Å². The Morgan fingerprint density at radius 1 is 0.978 bits per heavy atom. The third-order valence-electron chi connectivity index (χ3n) is 8.63. The zero-order valence-electron chi connectivity index (χ0n) is 25.3. The highest BCUT2D eigenvalue weighted by molar-refractivity contribution is 6.31. The topological polar surface area (TPSA) is 94.2 Å². The number of carbonyl (C=O) groups excluding carboxylic acids is 1. The Morgan fingerprint density at radius 3 is 2.50 bits per heavy atom. The van der Waals surface area contributed by atoms with Gasteiger partial charge in [0.2, 0.25) is 0 Å². The molecule has 0 spiro atoms. The Hall–Kier alpha value is -4.25. The van der Waals surface area contributed by atoms with E-state index in [9.17, 15) is 18.8 Å². The minimum atomic E-state index is -0.420. The molecule has 3 aromatic carbocycles. The fourth-order valence-corrected chi connectivity index (χ4v) is 6.47. The van der Waals surface area contributed by atoms with Crippen molar-refractivity contribution in [2.24, 2.45) is 7.05 Å². The van der Waals surface area contributed by atoms with Crippen molar-refractivity contribution >= 4 is 40.1 Å². The highest BCUT2D eigenvalue weighted by atomic mass is 35.5. The molecule has 1 aliphatic heterocycles. The number of rotatable bonds is 9. The summed E-state index contributed by atoms with van der Waals surface area (Å²) in [6, 6.07) is 16.1. The highest BCUT2D eigenvalue weighted by Gasteiger charge is 2.24. The zero-order valence-corrected chi connectivity index (χ0v) is 26.8. The van der Waals surface area contributed by atoms with Crippen LogP contribution in [0.3, 0.4) is 0 Å². The second-order valence-corrected chi connectivity index (χ2v) is 12.4. The summed E-state index contributed by atoms with van der Waals surface area (Å²) in [6.45, 7) is 3.20. The lowest BCUT2D eigenvalue weighted by Gasteiger charge is -2.32. The van der Waals surface area contributed by atoms with E-state index in [1.807, 2.05) is 16.7 Å². The summed E-state index contributed by atoms with van der Waals surface area (Å²) in [7, 11) is 1.79. The first-order valence-electron chi connectivity index (χ1n) is 15.2. The number of carbonyl (C=O) groups is 1. The molecule has 2 aromatic heterocycles. The summed E-state index contributed by atoms with van der Waals surface area (Å²) in [5.41, 5.74) is 3.37. The number of hydrogen-bond donors (Lipinski definition) is 1. The number of fused-ring (bicyclic) bond motifs is 1. The Kier molecular flexibility index (Phi) is 9.39. The molecule has 9 nitrogen and oxygen atoms in total. The van der Waals surface area contributed by atoms with Crippen LogP contribution >= 0.6 is 23.2 Å². The number of nitrogens with one attached hydrogen (secondary N) is 1. The second kappa shape index (κ2) is 13.6. The number of likely N-dealkylation sites (tertiary alicyclic amines) is 1. The standard InChI is InChI=1S/C34H33Cl2FN6O3/c1-40-29-10-6-25(35)20-30(29)43(34(40)46)27-11-16-41(17-12-27)14-2-15-42-18-13-38-31(33(42)45)23-5-9-28(36)24(19-23)21-39-32(44)22-3-7-26(37)8-4-22/h3-10,13,18-20,27H,2,11-12,14-17,21H2,1H3,(H,39,44). The van der Waals surface area contributed by atoms with Crippen molar-refractivity contribution in [1.29, 1.82) is 0 Å². The molecule has 46 heavy (non-hydrogen) atoms. The number of hydrogen-bond acceptors (Lipinski definition) is 5. The molecule has 0 bridgehead atoms. The first kappa shape index (κ1) is 31.7. The molecule has 0 atom stereocenters. The fraction of sp³-hybridized carbons (Fsp3) is 0.294. The van der Waals surface area contributed by atoms with Gasteiger partial charge >= 0.3 is 5.69 Å². The molecule has 0 radical (unpaired) electrons. The first-order chi connectivity index (χ1) is 22.2. The second-order valence-electron chi connectivity index (χ2n) is 11.5. The largest absolute Gasteiger partial charge is 0.348 e. The van der Waals surface area contributed by atoms with Crippen LogP contribution in [-0.2, 0) is 20.1 Å². The lowest BCUT2D eigenvalue weighted by Crippen LogP contribution is -2.38. The van der Waals surface area contributed by atoms with E-state index in [0.29, 0.717) is 39.0 Å². The lowest BCUT2D eigenvalue weighted by atomic mass is 10.0. The van der Waals surface area contributed by atoms with Gasteiger partial charge in [0, 0.05) is 72.8 Å². The van der Waals surface area contributed by atoms with Crippen molar-refractivity contribution in [1.82, 2.24) is 28.9 Å². The van der Waals surface area contributed by atoms with Gasteiger partial charge in [0.1, 0.15) is 11.5 Å². The summed E-state index contributed by atoms with van der Waals surface area (Å²) >= 11 is 12.6. The number of imidazole rings is 1. The third kappa shape index (κ3) is 6.65. The number of nitrogens with zero attached hydrogens (tertiary/aromatic N) is 5. The van der Waals surface area contributed by atoms with Gasteiger partial charge in [0.05, 0.1) is 11.0 Å². The molecule has 0 saturated carbocycles. The van der Waals surface area contributed by atoms with Crippen LogP contribution in [0, 0.1) is 5.82 Å². The molecule has 1 amide bonds. The van der Waals surface area contributed by atoms with Crippen molar-refractivity contribution in [3.63, 3.8) is 0 Å². The summed E-state index contributed by atoms with van der Waals surface area (Å²) in [5, 5.41) is 3.84. The van der Waals surface area contributed by atoms with E-state index in [-0.39, 0.29) is 29.7 Å². The Labute approximate surface area is 274 Å². The number of benzene rings is 3. The average Bonchev–Trinajstić information content (AvgIpc) is 3.30. The molecule has 0 unspecified atom stereocenters. The van der Waals surface area contributed by atoms with E-state index in [2.05, 4.69) is 15.2 Å². The van der Waals surface area contributed by atoms with E-state index < -0.39 is 5.82 Å². The maximum atomic E-state index is 13.4. The normalized spacial score (nSPS) is 14.2. The fourth-order valence-electron chi connectivity index (χ4n) is 6.12. The first-order valence-corrected chi connectivity index (χ1v) is 15.9. The third-order valence-corrected chi connectivity index (χ3v) is 9.23. The predicted molar refractivity (Wildman–Crippen MR) is 178 cm³/mol. The van der Waals surface area contributed by atoms with Gasteiger partial charge in [-0.2, -0.15) is 0 Å². The molecule has 1 N–H and O–H groups in total. The molecule has 3 heterocycles. The van der Waals surface area contributed by atoms with Crippen molar-refractivity contribution < 1.29 is 9.18 Å². The summed E-state index contributed by atoms with van der Waals surface area (Å²) in [6.07, 6.45) is 5.79. The van der Waals surface area contributed by atoms with Gasteiger partial charge in [0.25, 0.3) is 11.5 Å². The Balaban J connectivity index is 1.06. The van der Waals surface area contributed by atoms with Crippen LogP contribution in [0.5, 0.6) is 0 Å². The Morgan fingerprint density at radius 2 is 1.74 bits per heavy atom. The number of aromatic nitrogens is 4. The maximum Gasteiger partial charge on any atom is 0.329 e. The van der Waals surface area contributed by atoms with Crippen LogP contribution < -0.4 is 16.6 Å². The van der Waals surface area contributed by atoms with Crippen molar-refractivity contribution in [3.05, 3.63) is 121 Å². The van der Waals surface area contributed by atoms with E-state index >= 15 is 0 Å². The van der Waals surface area contributed by atoms with Crippen molar-refractivity contribution in [2.75, 3.05) is 19.6 Å². The van der Waals surface area contributed by atoms with E-state index in [1.165, 1.54) is 24.3 Å². The van der Waals surface area contributed by atoms with Gasteiger partial charge in [-0.3, -0.25) is 18.7 Å². The minimum Gasteiger partial charge on any atom is -0.348 e. The van der Waals surface area contributed by atoms with Crippen LogP contribution in [0.1, 0.15) is 41.2 Å². The van der Waals surface area contributed by atoms with Crippen LogP contribution in [-0.4, -0.2) is 49.1 Å². The highest BCUT2D eigenvalue weighted by Crippen LogP contribution is 2.27. The molecule has 238 valence electrons. The van der Waals surface area contributed by atoms with Crippen LogP contribution in [0.25, 0.3) is 22.3 Å². The van der Waals surface area contributed by atoms with Gasteiger partial charge in [-0.15, -0.1) is 0 Å². The summed E-state index contributed by atoms with van der Waals surface area (Å²) in [5.74, 6) is -0.783. The average molecular weight is 664 g/mol. The van der Waals surface area contributed by atoms with Crippen LogP contribution in [0.4, 0.5) is 4.39 Å². The smallest absolute Gasteiger partial charge is 0.329 e. The van der Waals surface area contributed by atoms with Crippen LogP contribution in [0.2, 0.25) is 10.0 Å². The van der Waals surface area contributed by atoms with Gasteiger partial charge in [-0.25, -0.2) is 14.2 Å². The number of piperidine rings is 1. The van der Waals surface area contributed by atoms with Gasteiger partial charge in [0.15, 0.2) is 0 Å². The number of aryl methyl sites for hydroxylation is 2. The molecular weight excluding hydrogens is 630 g/mol. The van der Waals surface area contributed by atoms with E-state index in [4.69, 9.17) is 23.2 Å². The lowest BCUT2D eigenvalue weighted by molar-refractivity contribution is 0.0951. The molecule has 1 saturated heterocycles. The number of halogens is 3. The van der Waals surface area contributed by atoms with Crippen molar-refractivity contribution in [2.45, 2.75) is 38.4 Å². The minimum absolute atomic E-state index is 0.0221. The molecule has 6 rings (SSSR count). The molecule has 0 aliphatic carbocycles.